The second-order valence-electron chi connectivity index (χ2n) is 4.12. The highest BCUT2D eigenvalue weighted by Crippen LogP contribution is 2.24. The maximum Gasteiger partial charge on any atom is 0.324 e. The van der Waals surface area contributed by atoms with Crippen molar-refractivity contribution < 1.29 is 12.4 Å². The van der Waals surface area contributed by atoms with Gasteiger partial charge in [0.1, 0.15) is 6.04 Å². The fourth-order valence-electron chi connectivity index (χ4n) is 2.12. The molecule has 1 aliphatic heterocycles. The molecule has 0 spiro atoms. The number of methoxy groups -OCH3 is 1. The molecule has 0 radical (unpaired) electrons. The first kappa shape index (κ1) is 12.6. The largest absolute Gasteiger partial charge is 0.468 e. The Morgan fingerprint density at radius 1 is 1.72 bits per heavy atom. The van der Waals surface area contributed by atoms with Crippen molar-refractivity contribution in [1.29, 1.82) is 0 Å². The smallest absolute Gasteiger partial charge is 0.324 e. The Bertz CT molecular complexity index is 434. The van der Waals surface area contributed by atoms with E-state index >= 15 is 0 Å². The molecule has 1 atom stereocenters. The van der Waals surface area contributed by atoms with Crippen LogP contribution in [0.2, 0.25) is 0 Å². The lowest BCUT2D eigenvalue weighted by molar-refractivity contribution is -0.143. The number of carbonyl (C=O) groups is 1. The second kappa shape index (κ2) is 5.68. The molecule has 18 heavy (non-hydrogen) atoms. The Kier molecular flexibility index (Phi) is 3.99. The fourth-order valence-corrected chi connectivity index (χ4v) is 2.12. The van der Waals surface area contributed by atoms with E-state index in [4.69, 9.17) is 4.74 Å². The van der Waals surface area contributed by atoms with Gasteiger partial charge in [-0.3, -0.25) is 9.78 Å². The highest BCUT2D eigenvalue weighted by molar-refractivity contribution is 5.78. The molecule has 1 saturated heterocycles. The molecule has 0 bridgehead atoms. The zero-order valence-electron chi connectivity index (χ0n) is 10.6. The number of carbonyl (C=O) groups excluding carboxylic acids is 1. The van der Waals surface area contributed by atoms with Gasteiger partial charge in [0.15, 0.2) is 0 Å². The number of anilines is 2. The lowest BCUT2D eigenvalue weighted by Gasteiger charge is -2.34. The van der Waals surface area contributed by atoms with Crippen LogP contribution in [-0.2, 0) is 9.53 Å². The molecule has 0 aliphatic carbocycles. The first-order valence-electron chi connectivity index (χ1n) is 5.94. The van der Waals surface area contributed by atoms with Crippen LogP contribution in [0.3, 0.4) is 0 Å². The number of hydrogen-bond acceptors (Lipinski definition) is 6. The van der Waals surface area contributed by atoms with Crippen molar-refractivity contribution >= 4 is 17.3 Å². The minimum absolute atomic E-state index is 0. The number of esters is 1. The molecule has 1 unspecified atom stereocenters. The Morgan fingerprint density at radius 3 is 3.28 bits per heavy atom. The molecule has 6 nitrogen and oxygen atoms in total. The molecule has 2 heterocycles. The normalized spacial score (nSPS) is 19.4. The van der Waals surface area contributed by atoms with Crippen molar-refractivity contribution in [3.63, 3.8) is 0 Å². The topological polar surface area (TPSA) is 66.5 Å². The van der Waals surface area contributed by atoms with E-state index in [9.17, 15) is 4.79 Å². The first-order chi connectivity index (χ1) is 8.76. The molecule has 1 aliphatic rings. The maximum absolute atomic E-state index is 11.6. The van der Waals surface area contributed by atoms with E-state index in [2.05, 4.69) is 20.5 Å². The predicted octanol–water partition coefficient (Wildman–Crippen LogP) is 0.567. The number of rotatable bonds is 3. The van der Waals surface area contributed by atoms with Gasteiger partial charge in [-0.15, -0.1) is 0 Å². The van der Waals surface area contributed by atoms with Gasteiger partial charge in [0, 0.05) is 35.7 Å². The quantitative estimate of drug-likeness (QED) is 0.769. The second-order valence-corrected chi connectivity index (χ2v) is 4.12. The third-order valence-electron chi connectivity index (χ3n) is 3.07. The van der Waals surface area contributed by atoms with Gasteiger partial charge in [-0.05, 0) is 6.07 Å². The van der Waals surface area contributed by atoms with Gasteiger partial charge in [-0.2, -0.15) is 0 Å². The molecule has 1 aromatic rings. The van der Waals surface area contributed by atoms with Gasteiger partial charge >= 0.3 is 5.97 Å². The first-order valence-corrected chi connectivity index (χ1v) is 5.94. The van der Waals surface area contributed by atoms with Crippen LogP contribution in [0.25, 0.3) is 0 Å². The summed E-state index contributed by atoms with van der Waals surface area (Å²) in [6.07, 6.45) is 3.54. The Labute approximate surface area is 109 Å². The highest BCUT2D eigenvalue weighted by Gasteiger charge is 2.26. The fraction of sp³-hybridized carbons (Fsp3) is 0.500. The summed E-state index contributed by atoms with van der Waals surface area (Å²) >= 11 is 0. The van der Waals surface area contributed by atoms with Gasteiger partial charge in [-0.1, -0.05) is 0 Å². The number of aromatic nitrogens is 1. The molecule has 102 valence electrons. The van der Waals surface area contributed by atoms with Crippen LogP contribution in [-0.4, -0.2) is 50.8 Å². The Morgan fingerprint density at radius 2 is 2.56 bits per heavy atom. The molecule has 2 N–H and O–H groups in total. The van der Waals surface area contributed by atoms with E-state index in [1.807, 2.05) is 13.1 Å². The molecule has 6 heteroatoms. The van der Waals surface area contributed by atoms with Crippen molar-refractivity contribution in [1.82, 2.24) is 10.3 Å². The average Bonchev–Trinajstić information content (AvgIpc) is 2.46. The van der Waals surface area contributed by atoms with Crippen LogP contribution in [0, 0.1) is 0 Å². The average molecular weight is 254 g/mol. The van der Waals surface area contributed by atoms with Crippen molar-refractivity contribution in [3.8, 4) is 0 Å². The van der Waals surface area contributed by atoms with Gasteiger partial charge < -0.3 is 20.3 Å². The third-order valence-corrected chi connectivity index (χ3v) is 3.07. The maximum atomic E-state index is 11.6. The summed E-state index contributed by atoms with van der Waals surface area (Å²) in [5.74, 6) is -0.222. The summed E-state index contributed by atoms with van der Waals surface area (Å²) < 4.78 is 4.77. The molecular formula is C12H22N4O2. The number of ether oxygens (including phenoxy) is 1. The lowest BCUT2D eigenvalue weighted by Crippen LogP contribution is -2.54. The molecule has 0 aromatic carbocycles. The van der Waals surface area contributed by atoms with Crippen LogP contribution < -0.4 is 15.5 Å². The number of piperazine rings is 1. The van der Waals surface area contributed by atoms with Gasteiger partial charge in [0.2, 0.25) is 0 Å². The van der Waals surface area contributed by atoms with E-state index in [1.165, 1.54) is 7.11 Å². The monoisotopic (exact) mass is 254 g/mol. The van der Waals surface area contributed by atoms with Crippen molar-refractivity contribution in [2.45, 2.75) is 6.04 Å². The van der Waals surface area contributed by atoms with Crippen LogP contribution >= 0.6 is 0 Å². The van der Waals surface area contributed by atoms with Gasteiger partial charge in [0.25, 0.3) is 0 Å². The molecule has 1 fully saturated rings. The molecule has 1 aromatic heterocycles. The van der Waals surface area contributed by atoms with Crippen LogP contribution in [0.4, 0.5) is 11.4 Å². The standard InChI is InChI=1S/C12H18N4O2.2H2/c1-13-9-7-14-4-3-11(9)16-6-5-15-10(8-16)12(17)18-2;;/h3-4,7,10,13,15H,5-6,8H2,1-2H3;2*1H. The molecular weight excluding hydrogens is 232 g/mol. The third kappa shape index (κ3) is 2.53. The van der Waals surface area contributed by atoms with E-state index < -0.39 is 0 Å². The molecule has 0 amide bonds. The van der Waals surface area contributed by atoms with Crippen molar-refractivity contribution in [2.75, 3.05) is 44.0 Å². The Hall–Kier alpha value is -1.82. The van der Waals surface area contributed by atoms with E-state index in [-0.39, 0.29) is 14.9 Å². The minimum Gasteiger partial charge on any atom is -0.468 e. The van der Waals surface area contributed by atoms with E-state index in [0.29, 0.717) is 6.54 Å². The summed E-state index contributed by atoms with van der Waals surface area (Å²) in [6.45, 7) is 2.21. The molecule has 2 rings (SSSR count). The van der Waals surface area contributed by atoms with Crippen LogP contribution in [0.15, 0.2) is 18.5 Å². The summed E-state index contributed by atoms with van der Waals surface area (Å²) in [4.78, 5) is 17.8. The Balaban J connectivity index is 0.00000180. The number of pyridine rings is 1. The van der Waals surface area contributed by atoms with Gasteiger partial charge in [-0.25, -0.2) is 0 Å². The number of hydrogen-bond donors (Lipinski definition) is 2. The number of nitrogens with zero attached hydrogens (tertiary/aromatic N) is 2. The van der Waals surface area contributed by atoms with Crippen molar-refractivity contribution in [2.24, 2.45) is 0 Å². The summed E-state index contributed by atoms with van der Waals surface area (Å²) in [7, 11) is 3.27. The zero-order chi connectivity index (χ0) is 13.0. The predicted molar refractivity (Wildman–Crippen MR) is 74.0 cm³/mol. The SMILES string of the molecule is CNc1cnccc1N1CCNC(C(=O)OC)C1.[HH].[HH]. The van der Waals surface area contributed by atoms with Crippen LogP contribution in [0.1, 0.15) is 2.85 Å². The van der Waals surface area contributed by atoms with E-state index in [1.54, 1.807) is 12.4 Å². The minimum atomic E-state index is -0.276. The van der Waals surface area contributed by atoms with Crippen LogP contribution in [0.5, 0.6) is 0 Å². The summed E-state index contributed by atoms with van der Waals surface area (Å²) in [5, 5.41) is 6.26. The van der Waals surface area contributed by atoms with Gasteiger partial charge in [0.05, 0.1) is 24.7 Å². The zero-order valence-corrected chi connectivity index (χ0v) is 10.6. The molecule has 0 saturated carbocycles. The van der Waals surface area contributed by atoms with E-state index in [0.717, 1.165) is 24.5 Å². The summed E-state index contributed by atoms with van der Waals surface area (Å²) in [6, 6.07) is 1.67. The van der Waals surface area contributed by atoms with Crippen molar-refractivity contribution in [3.05, 3.63) is 18.5 Å². The number of nitrogens with one attached hydrogen (secondary N) is 2. The lowest BCUT2D eigenvalue weighted by atomic mass is 10.2. The highest BCUT2D eigenvalue weighted by atomic mass is 16.5. The summed E-state index contributed by atoms with van der Waals surface area (Å²) in [5.41, 5.74) is 2.02.